The van der Waals surface area contributed by atoms with Gasteiger partial charge < -0.3 is 9.84 Å². The van der Waals surface area contributed by atoms with Crippen LogP contribution in [0.15, 0.2) is 24.3 Å². The van der Waals surface area contributed by atoms with Gasteiger partial charge in [-0.3, -0.25) is 0 Å². The number of aliphatic hydroxyl groups is 1. The van der Waals surface area contributed by atoms with Crippen LogP contribution in [0.1, 0.15) is 11.4 Å². The average molecular weight is 275 g/mol. The summed E-state index contributed by atoms with van der Waals surface area (Å²) < 4.78 is 6.91. The van der Waals surface area contributed by atoms with E-state index in [-0.39, 0.29) is 6.61 Å². The second-order valence-corrected chi connectivity index (χ2v) is 5.09. The van der Waals surface area contributed by atoms with E-state index in [1.165, 1.54) is 11.3 Å². The van der Waals surface area contributed by atoms with Crippen LogP contribution in [0.4, 0.5) is 0 Å². The normalized spacial score (nSPS) is 11.1. The molecule has 0 fully saturated rings. The molecule has 0 unspecified atom stereocenters. The molecule has 1 aromatic carbocycles. The summed E-state index contributed by atoms with van der Waals surface area (Å²) in [6.45, 7) is 1.81. The number of rotatable bonds is 3. The highest BCUT2D eigenvalue weighted by Gasteiger charge is 2.14. The molecule has 0 amide bonds. The number of hydrogen-bond donors (Lipinski definition) is 1. The maximum atomic E-state index is 9.35. The second-order valence-electron chi connectivity index (χ2n) is 4.14. The van der Waals surface area contributed by atoms with Gasteiger partial charge in [-0.15, -0.1) is 0 Å². The minimum Gasteiger partial charge on any atom is -0.497 e. The Hall–Kier alpha value is -1.92. The van der Waals surface area contributed by atoms with E-state index in [1.807, 2.05) is 31.2 Å². The largest absolute Gasteiger partial charge is 0.497 e. The van der Waals surface area contributed by atoms with Crippen LogP contribution in [-0.4, -0.2) is 26.8 Å². The number of methoxy groups -OCH3 is 1. The summed E-state index contributed by atoms with van der Waals surface area (Å²) in [6, 6.07) is 7.73. The van der Waals surface area contributed by atoms with E-state index in [0.717, 1.165) is 32.7 Å². The Balaban J connectivity index is 2.12. The van der Waals surface area contributed by atoms with Gasteiger partial charge >= 0.3 is 0 Å². The van der Waals surface area contributed by atoms with Gasteiger partial charge in [0.25, 0.3) is 0 Å². The number of ether oxygens (including phenoxy) is 1. The molecule has 2 aromatic heterocycles. The third kappa shape index (κ3) is 1.98. The number of aliphatic hydroxyl groups excluding tert-OH is 1. The predicted molar refractivity (Wildman–Crippen MR) is 73.5 cm³/mol. The van der Waals surface area contributed by atoms with Crippen LogP contribution >= 0.6 is 11.3 Å². The minimum atomic E-state index is -0.0612. The molecule has 3 aromatic rings. The standard InChI is InChI=1S/C13H13N3O2S/c1-8-11(7-17)16-13(14-8)19-12(15-16)9-4-3-5-10(6-9)18-2/h3-6,17H,7H2,1-2H3. The monoisotopic (exact) mass is 275 g/mol. The fraction of sp³-hybridized carbons (Fsp3) is 0.231. The quantitative estimate of drug-likeness (QED) is 0.796. The summed E-state index contributed by atoms with van der Waals surface area (Å²) in [5.74, 6) is 0.795. The van der Waals surface area contributed by atoms with Crippen LogP contribution in [-0.2, 0) is 6.61 Å². The summed E-state index contributed by atoms with van der Waals surface area (Å²) in [4.78, 5) is 5.19. The molecular formula is C13H13N3O2S. The molecule has 0 bridgehead atoms. The average Bonchev–Trinajstić information content (AvgIpc) is 2.95. The van der Waals surface area contributed by atoms with Crippen molar-refractivity contribution in [3.05, 3.63) is 35.7 Å². The first-order valence-corrected chi connectivity index (χ1v) is 6.65. The lowest BCUT2D eigenvalue weighted by molar-refractivity contribution is 0.273. The lowest BCUT2D eigenvalue weighted by atomic mass is 10.2. The van der Waals surface area contributed by atoms with E-state index in [4.69, 9.17) is 4.74 Å². The molecule has 6 heteroatoms. The molecule has 0 saturated heterocycles. The van der Waals surface area contributed by atoms with E-state index < -0.39 is 0 Å². The molecule has 0 aliphatic heterocycles. The van der Waals surface area contributed by atoms with Crippen LogP contribution < -0.4 is 4.74 Å². The Labute approximate surface area is 114 Å². The highest BCUT2D eigenvalue weighted by molar-refractivity contribution is 7.19. The molecule has 0 radical (unpaired) electrons. The molecule has 98 valence electrons. The topological polar surface area (TPSA) is 59.7 Å². The van der Waals surface area contributed by atoms with E-state index in [0.29, 0.717) is 0 Å². The van der Waals surface area contributed by atoms with Crippen molar-refractivity contribution in [1.29, 1.82) is 0 Å². The number of nitrogens with zero attached hydrogens (tertiary/aromatic N) is 3. The van der Waals surface area contributed by atoms with Gasteiger partial charge in [-0.25, -0.2) is 9.50 Å². The van der Waals surface area contributed by atoms with Gasteiger partial charge in [0.2, 0.25) is 4.96 Å². The van der Waals surface area contributed by atoms with Gasteiger partial charge in [-0.05, 0) is 19.1 Å². The van der Waals surface area contributed by atoms with Crippen molar-refractivity contribution in [3.63, 3.8) is 0 Å². The van der Waals surface area contributed by atoms with Crippen LogP contribution in [0.25, 0.3) is 15.5 Å². The van der Waals surface area contributed by atoms with Crippen molar-refractivity contribution in [3.8, 4) is 16.3 Å². The van der Waals surface area contributed by atoms with E-state index in [1.54, 1.807) is 11.6 Å². The number of fused-ring (bicyclic) bond motifs is 1. The Bertz CT molecular complexity index is 733. The highest BCUT2D eigenvalue weighted by Crippen LogP contribution is 2.29. The summed E-state index contributed by atoms with van der Waals surface area (Å²) in [5.41, 5.74) is 2.54. The molecule has 0 aliphatic rings. The Morgan fingerprint density at radius 3 is 3.00 bits per heavy atom. The van der Waals surface area contributed by atoms with Gasteiger partial charge in [0.15, 0.2) is 0 Å². The molecule has 2 heterocycles. The molecule has 5 nitrogen and oxygen atoms in total. The third-order valence-electron chi connectivity index (χ3n) is 2.96. The Morgan fingerprint density at radius 1 is 1.42 bits per heavy atom. The van der Waals surface area contributed by atoms with Crippen LogP contribution in [0, 0.1) is 6.92 Å². The zero-order valence-electron chi connectivity index (χ0n) is 10.6. The third-order valence-corrected chi connectivity index (χ3v) is 3.92. The van der Waals surface area contributed by atoms with Gasteiger partial charge in [0.05, 0.1) is 25.1 Å². The van der Waals surface area contributed by atoms with E-state index in [9.17, 15) is 5.11 Å². The van der Waals surface area contributed by atoms with Crippen molar-refractivity contribution in [2.24, 2.45) is 0 Å². The van der Waals surface area contributed by atoms with Crippen molar-refractivity contribution < 1.29 is 9.84 Å². The van der Waals surface area contributed by atoms with Crippen LogP contribution in [0.3, 0.4) is 0 Å². The summed E-state index contributed by atoms with van der Waals surface area (Å²) in [7, 11) is 1.64. The predicted octanol–water partition coefficient (Wildman–Crippen LogP) is 2.27. The summed E-state index contributed by atoms with van der Waals surface area (Å²) in [6.07, 6.45) is 0. The van der Waals surface area contributed by atoms with Gasteiger partial charge in [-0.1, -0.05) is 23.5 Å². The first kappa shape index (κ1) is 12.1. The number of aryl methyl sites for hydroxylation is 1. The number of imidazole rings is 1. The van der Waals surface area contributed by atoms with Crippen LogP contribution in [0.5, 0.6) is 5.75 Å². The smallest absolute Gasteiger partial charge is 0.213 e. The Kier molecular flexibility index (Phi) is 2.96. The van der Waals surface area contributed by atoms with E-state index in [2.05, 4.69) is 10.1 Å². The number of aromatic nitrogens is 3. The number of benzene rings is 1. The Morgan fingerprint density at radius 2 is 2.26 bits per heavy atom. The first-order valence-electron chi connectivity index (χ1n) is 5.83. The number of hydrogen-bond acceptors (Lipinski definition) is 5. The minimum absolute atomic E-state index is 0.0612. The van der Waals surface area contributed by atoms with Gasteiger partial charge in [0.1, 0.15) is 10.8 Å². The fourth-order valence-corrected chi connectivity index (χ4v) is 2.91. The summed E-state index contributed by atoms with van der Waals surface area (Å²) >= 11 is 1.49. The zero-order chi connectivity index (χ0) is 13.4. The first-order chi connectivity index (χ1) is 9.22. The highest BCUT2D eigenvalue weighted by atomic mass is 32.1. The molecule has 0 saturated carbocycles. The fourth-order valence-electron chi connectivity index (χ4n) is 1.95. The second kappa shape index (κ2) is 4.64. The molecular weight excluding hydrogens is 262 g/mol. The summed E-state index contributed by atoms with van der Waals surface area (Å²) in [5, 5.41) is 14.7. The van der Waals surface area contributed by atoms with Gasteiger partial charge in [0, 0.05) is 5.56 Å². The lowest BCUT2D eigenvalue weighted by Crippen LogP contribution is -1.95. The molecule has 1 N–H and O–H groups in total. The molecule has 0 aliphatic carbocycles. The zero-order valence-corrected chi connectivity index (χ0v) is 11.4. The molecule has 0 atom stereocenters. The van der Waals surface area contributed by atoms with Crippen molar-refractivity contribution >= 4 is 16.3 Å². The lowest BCUT2D eigenvalue weighted by Gasteiger charge is -2.00. The van der Waals surface area contributed by atoms with Crippen molar-refractivity contribution in [1.82, 2.24) is 14.6 Å². The molecule has 0 spiro atoms. The molecule has 19 heavy (non-hydrogen) atoms. The van der Waals surface area contributed by atoms with E-state index >= 15 is 0 Å². The molecule has 3 rings (SSSR count). The van der Waals surface area contributed by atoms with Gasteiger partial charge in [-0.2, -0.15) is 5.10 Å². The maximum Gasteiger partial charge on any atom is 0.213 e. The maximum absolute atomic E-state index is 9.35. The van der Waals surface area contributed by atoms with Crippen LogP contribution in [0.2, 0.25) is 0 Å². The SMILES string of the molecule is COc1cccc(-c2nn3c(CO)c(C)nc3s2)c1. The van der Waals surface area contributed by atoms with Crippen molar-refractivity contribution in [2.45, 2.75) is 13.5 Å². The van der Waals surface area contributed by atoms with Crippen molar-refractivity contribution in [2.75, 3.05) is 7.11 Å².